The largest absolute Gasteiger partial charge is 0.391 e. The number of aliphatic hydroxyl groups is 1. The highest BCUT2D eigenvalue weighted by Crippen LogP contribution is 2.41. The number of nitrogens with zero attached hydrogens (tertiary/aromatic N) is 4. The van der Waals surface area contributed by atoms with E-state index in [1.54, 1.807) is 6.20 Å². The monoisotopic (exact) mass is 337 g/mol. The third-order valence-electron chi connectivity index (χ3n) is 5.97. The fourth-order valence-corrected chi connectivity index (χ4v) is 4.75. The highest BCUT2D eigenvalue weighted by molar-refractivity contribution is 5.81. The summed E-state index contributed by atoms with van der Waals surface area (Å²) in [5, 5.41) is 23.8. The summed E-state index contributed by atoms with van der Waals surface area (Å²) in [6.07, 6.45) is 5.35. The van der Waals surface area contributed by atoms with E-state index in [0.717, 1.165) is 38.0 Å². The summed E-state index contributed by atoms with van der Waals surface area (Å²) in [5.74, 6) is 1.21. The summed E-state index contributed by atoms with van der Waals surface area (Å²) in [6.45, 7) is 3.04. The zero-order valence-corrected chi connectivity index (χ0v) is 14.1. The average Bonchev–Trinajstić information content (AvgIpc) is 3.34. The van der Waals surface area contributed by atoms with Gasteiger partial charge < -0.3 is 5.11 Å². The molecule has 2 aliphatic rings. The molecule has 0 amide bonds. The van der Waals surface area contributed by atoms with Gasteiger partial charge in [0.2, 0.25) is 0 Å². The van der Waals surface area contributed by atoms with Gasteiger partial charge in [0.25, 0.3) is 0 Å². The molecule has 3 aromatic rings. The first-order chi connectivity index (χ1) is 12.3. The van der Waals surface area contributed by atoms with E-state index in [1.807, 2.05) is 29.1 Å². The van der Waals surface area contributed by atoms with Gasteiger partial charge in [0.15, 0.2) is 0 Å². The topological polar surface area (TPSA) is 70.0 Å². The van der Waals surface area contributed by atoms with E-state index in [1.165, 1.54) is 11.1 Å². The number of para-hydroxylation sites is 1. The van der Waals surface area contributed by atoms with Crippen molar-refractivity contribution < 1.29 is 5.11 Å². The van der Waals surface area contributed by atoms with Crippen molar-refractivity contribution in [2.75, 3.05) is 13.1 Å². The van der Waals surface area contributed by atoms with Gasteiger partial charge >= 0.3 is 0 Å². The van der Waals surface area contributed by atoms with E-state index in [-0.39, 0.29) is 12.1 Å². The van der Waals surface area contributed by atoms with Crippen LogP contribution in [-0.4, -0.2) is 49.2 Å². The molecule has 6 heteroatoms. The van der Waals surface area contributed by atoms with Crippen LogP contribution < -0.4 is 0 Å². The molecule has 1 saturated carbocycles. The second kappa shape index (κ2) is 5.97. The van der Waals surface area contributed by atoms with E-state index in [0.29, 0.717) is 11.8 Å². The second-order valence-electron chi connectivity index (χ2n) is 7.53. The van der Waals surface area contributed by atoms with Crippen LogP contribution in [0, 0.1) is 11.8 Å². The van der Waals surface area contributed by atoms with Gasteiger partial charge in [-0.2, -0.15) is 10.2 Å². The maximum absolute atomic E-state index is 10.6. The van der Waals surface area contributed by atoms with Gasteiger partial charge in [-0.1, -0.05) is 18.2 Å². The molecule has 2 N–H and O–H groups in total. The fraction of sp³-hybridized carbons (Fsp3) is 0.474. The molecule has 2 aromatic heterocycles. The van der Waals surface area contributed by atoms with Crippen molar-refractivity contribution in [3.05, 3.63) is 48.4 Å². The Bertz CT molecular complexity index is 858. The standard InChI is InChI=1S/C19H23N5O/c25-19-9-14-11-23(10-13(14)8-18(19)24-7-3-6-20-24)12-17-15-4-1-2-5-16(15)21-22-17/h1-7,13-14,18-19,25H,8-12H2,(H,21,22)/t13-,14+,18-,19-/m1/s1. The number of fused-ring (bicyclic) bond motifs is 2. The lowest BCUT2D eigenvalue weighted by Gasteiger charge is -2.35. The lowest BCUT2D eigenvalue weighted by Crippen LogP contribution is -2.36. The predicted molar refractivity (Wildman–Crippen MR) is 94.9 cm³/mol. The summed E-state index contributed by atoms with van der Waals surface area (Å²) in [4.78, 5) is 2.51. The lowest BCUT2D eigenvalue weighted by atomic mass is 9.77. The third kappa shape index (κ3) is 2.65. The smallest absolute Gasteiger partial charge is 0.0924 e. The quantitative estimate of drug-likeness (QED) is 0.769. The van der Waals surface area contributed by atoms with Crippen molar-refractivity contribution in [1.82, 2.24) is 24.9 Å². The number of hydrogen-bond acceptors (Lipinski definition) is 4. The fourth-order valence-electron chi connectivity index (χ4n) is 4.75. The molecule has 0 bridgehead atoms. The van der Waals surface area contributed by atoms with Crippen LogP contribution in [0.15, 0.2) is 42.7 Å². The summed E-state index contributed by atoms with van der Waals surface area (Å²) in [7, 11) is 0. The maximum atomic E-state index is 10.6. The predicted octanol–water partition coefficient (Wildman–Crippen LogP) is 2.20. The molecule has 5 rings (SSSR count). The Labute approximate surface area is 146 Å². The summed E-state index contributed by atoms with van der Waals surface area (Å²) < 4.78 is 1.94. The number of aliphatic hydroxyl groups excluding tert-OH is 1. The number of rotatable bonds is 3. The summed E-state index contributed by atoms with van der Waals surface area (Å²) in [6, 6.07) is 10.3. The molecule has 25 heavy (non-hydrogen) atoms. The van der Waals surface area contributed by atoms with E-state index in [2.05, 4.69) is 32.3 Å². The first-order valence-corrected chi connectivity index (χ1v) is 9.09. The first-order valence-electron chi connectivity index (χ1n) is 9.09. The Morgan fingerprint density at radius 3 is 2.80 bits per heavy atom. The number of aromatic nitrogens is 4. The average molecular weight is 337 g/mol. The minimum atomic E-state index is -0.297. The highest BCUT2D eigenvalue weighted by Gasteiger charge is 2.42. The van der Waals surface area contributed by atoms with E-state index in [4.69, 9.17) is 0 Å². The van der Waals surface area contributed by atoms with E-state index in [9.17, 15) is 5.11 Å². The summed E-state index contributed by atoms with van der Waals surface area (Å²) in [5.41, 5.74) is 2.22. The normalized spacial score (nSPS) is 30.0. The van der Waals surface area contributed by atoms with E-state index < -0.39 is 0 Å². The number of likely N-dealkylation sites (tertiary alicyclic amines) is 1. The molecular weight excluding hydrogens is 314 g/mol. The molecule has 0 spiro atoms. The number of H-pyrrole nitrogens is 1. The molecule has 6 nitrogen and oxygen atoms in total. The Morgan fingerprint density at radius 2 is 1.96 bits per heavy atom. The van der Waals surface area contributed by atoms with Crippen LogP contribution in [0.2, 0.25) is 0 Å². The van der Waals surface area contributed by atoms with Gasteiger partial charge in [-0.05, 0) is 36.8 Å². The van der Waals surface area contributed by atoms with Crippen LogP contribution in [0.3, 0.4) is 0 Å². The zero-order valence-electron chi connectivity index (χ0n) is 14.1. The van der Waals surface area contributed by atoms with Crippen molar-refractivity contribution >= 4 is 10.9 Å². The number of aromatic amines is 1. The lowest BCUT2D eigenvalue weighted by molar-refractivity contribution is 0.0306. The van der Waals surface area contributed by atoms with Gasteiger partial charge in [0, 0.05) is 37.4 Å². The van der Waals surface area contributed by atoms with Crippen LogP contribution >= 0.6 is 0 Å². The van der Waals surface area contributed by atoms with Gasteiger partial charge in [-0.3, -0.25) is 14.7 Å². The molecule has 1 aromatic carbocycles. The van der Waals surface area contributed by atoms with Crippen LogP contribution in [0.25, 0.3) is 10.9 Å². The Kier molecular flexibility index (Phi) is 3.60. The molecule has 130 valence electrons. The highest BCUT2D eigenvalue weighted by atomic mass is 16.3. The minimum Gasteiger partial charge on any atom is -0.391 e. The van der Waals surface area contributed by atoms with Crippen LogP contribution in [0.1, 0.15) is 24.6 Å². The first kappa shape index (κ1) is 15.1. The molecular formula is C19H23N5O. The van der Waals surface area contributed by atoms with Gasteiger partial charge in [0.1, 0.15) is 0 Å². The zero-order chi connectivity index (χ0) is 16.8. The maximum Gasteiger partial charge on any atom is 0.0924 e. The van der Waals surface area contributed by atoms with Gasteiger partial charge in [0.05, 0.1) is 23.4 Å². The molecule has 1 saturated heterocycles. The Morgan fingerprint density at radius 1 is 1.12 bits per heavy atom. The van der Waals surface area contributed by atoms with Crippen LogP contribution in [0.4, 0.5) is 0 Å². The van der Waals surface area contributed by atoms with Crippen LogP contribution in [0.5, 0.6) is 0 Å². The van der Waals surface area contributed by atoms with E-state index >= 15 is 0 Å². The van der Waals surface area contributed by atoms with Gasteiger partial charge in [-0.15, -0.1) is 0 Å². The van der Waals surface area contributed by atoms with Crippen molar-refractivity contribution in [3.63, 3.8) is 0 Å². The van der Waals surface area contributed by atoms with Crippen molar-refractivity contribution in [1.29, 1.82) is 0 Å². The third-order valence-corrected chi connectivity index (χ3v) is 5.97. The second-order valence-corrected chi connectivity index (χ2v) is 7.53. The van der Waals surface area contributed by atoms with Crippen molar-refractivity contribution in [3.8, 4) is 0 Å². The molecule has 3 heterocycles. The van der Waals surface area contributed by atoms with Crippen molar-refractivity contribution in [2.45, 2.75) is 31.5 Å². The number of benzene rings is 1. The minimum absolute atomic E-state index is 0.115. The molecule has 2 fully saturated rings. The van der Waals surface area contributed by atoms with Gasteiger partial charge in [-0.25, -0.2) is 0 Å². The Balaban J connectivity index is 1.31. The Hall–Kier alpha value is -2.18. The molecule has 1 aliphatic heterocycles. The van der Waals surface area contributed by atoms with Crippen LogP contribution in [-0.2, 0) is 6.54 Å². The molecule has 0 unspecified atom stereocenters. The SMILES string of the molecule is O[C@@H]1C[C@H]2CN(Cc3[nH]nc4ccccc34)C[C@H]2C[C@H]1n1cccn1. The number of nitrogens with one attached hydrogen (secondary N) is 1. The molecule has 1 aliphatic carbocycles. The van der Waals surface area contributed by atoms with Crippen molar-refractivity contribution in [2.24, 2.45) is 11.8 Å². The summed E-state index contributed by atoms with van der Waals surface area (Å²) >= 11 is 0. The molecule has 0 radical (unpaired) electrons. The number of hydrogen-bond donors (Lipinski definition) is 2. The molecule has 4 atom stereocenters.